The first kappa shape index (κ1) is 7.06. The van der Waals surface area contributed by atoms with Crippen molar-refractivity contribution in [3.8, 4) is 0 Å². The van der Waals surface area contributed by atoms with Gasteiger partial charge >= 0.3 is 0 Å². The van der Waals surface area contributed by atoms with Crippen LogP contribution in [0.5, 0.6) is 0 Å². The molecule has 1 aromatic rings. The van der Waals surface area contributed by atoms with Gasteiger partial charge in [0.05, 0.1) is 5.16 Å². The van der Waals surface area contributed by atoms with Crippen molar-refractivity contribution in [3.05, 3.63) is 24.5 Å². The fourth-order valence-corrected chi connectivity index (χ4v) is 0.796. The summed E-state index contributed by atoms with van der Waals surface area (Å²) in [5, 5.41) is 2.31. The number of thiocarbonyl (C=S) groups is 1. The van der Waals surface area contributed by atoms with Crippen LogP contribution in [0.15, 0.2) is 29.5 Å². The molecule has 2 nitrogen and oxygen atoms in total. The molecule has 0 radical (unpaired) electrons. The van der Waals surface area contributed by atoms with E-state index in [4.69, 9.17) is 0 Å². The molecule has 0 bridgehead atoms. The molecule has 0 aliphatic rings. The highest BCUT2D eigenvalue weighted by Crippen LogP contribution is 2.03. The number of pyridine rings is 1. The van der Waals surface area contributed by atoms with Crippen LogP contribution in [-0.4, -0.2) is 5.16 Å². The standard InChI is InChI=1S/C7H7N2S/c1-9-4-2-3-7(5-9)8-6-10/h2-5H,1H3/q+1. The highest BCUT2D eigenvalue weighted by molar-refractivity contribution is 7.78. The lowest BCUT2D eigenvalue weighted by Gasteiger charge is -1.85. The molecule has 0 amide bonds. The van der Waals surface area contributed by atoms with Crippen molar-refractivity contribution in [1.29, 1.82) is 0 Å². The van der Waals surface area contributed by atoms with E-state index in [0.29, 0.717) is 0 Å². The molecule has 0 atom stereocenters. The highest BCUT2D eigenvalue weighted by Gasteiger charge is 1.92. The normalized spacial score (nSPS) is 8.50. The van der Waals surface area contributed by atoms with Gasteiger partial charge in [-0.1, -0.05) is 0 Å². The third-order valence-corrected chi connectivity index (χ3v) is 1.19. The lowest BCUT2D eigenvalue weighted by molar-refractivity contribution is -0.670. The number of aryl methyl sites for hydroxylation is 1. The van der Waals surface area contributed by atoms with Crippen LogP contribution in [0.1, 0.15) is 0 Å². The zero-order valence-electron chi connectivity index (χ0n) is 5.61. The summed E-state index contributed by atoms with van der Waals surface area (Å²) in [6.45, 7) is 0. The van der Waals surface area contributed by atoms with E-state index in [2.05, 4.69) is 22.4 Å². The fraction of sp³-hybridized carbons (Fsp3) is 0.143. The molecule has 0 aliphatic carbocycles. The largest absolute Gasteiger partial charge is 0.206 e. The van der Waals surface area contributed by atoms with Crippen molar-refractivity contribution in [2.75, 3.05) is 0 Å². The Morgan fingerprint density at radius 2 is 2.50 bits per heavy atom. The molecule has 0 aliphatic heterocycles. The monoisotopic (exact) mass is 151 g/mol. The minimum absolute atomic E-state index is 0.833. The zero-order chi connectivity index (χ0) is 7.40. The summed E-state index contributed by atoms with van der Waals surface area (Å²) in [6.07, 6.45) is 3.81. The van der Waals surface area contributed by atoms with Gasteiger partial charge in [-0.2, -0.15) is 4.99 Å². The maximum Gasteiger partial charge on any atom is 0.195 e. The average molecular weight is 151 g/mol. The number of isothiocyanates is 1. The van der Waals surface area contributed by atoms with Gasteiger partial charge in [0, 0.05) is 6.07 Å². The molecule has 0 fully saturated rings. The van der Waals surface area contributed by atoms with E-state index in [0.717, 1.165) is 5.69 Å². The van der Waals surface area contributed by atoms with Gasteiger partial charge in [-0.15, -0.1) is 0 Å². The first-order chi connectivity index (χ1) is 4.83. The van der Waals surface area contributed by atoms with E-state index in [-0.39, 0.29) is 0 Å². The fourth-order valence-electron chi connectivity index (χ4n) is 0.691. The summed E-state index contributed by atoms with van der Waals surface area (Å²) < 4.78 is 1.91. The van der Waals surface area contributed by atoms with E-state index in [1.165, 1.54) is 0 Å². The van der Waals surface area contributed by atoms with Crippen LogP contribution in [0.4, 0.5) is 5.69 Å². The van der Waals surface area contributed by atoms with Gasteiger partial charge < -0.3 is 0 Å². The van der Waals surface area contributed by atoms with Crippen LogP contribution < -0.4 is 4.57 Å². The summed E-state index contributed by atoms with van der Waals surface area (Å²) >= 11 is 4.45. The van der Waals surface area contributed by atoms with Crippen molar-refractivity contribution in [1.82, 2.24) is 0 Å². The van der Waals surface area contributed by atoms with E-state index in [1.807, 2.05) is 36.1 Å². The molecule has 0 saturated heterocycles. The van der Waals surface area contributed by atoms with Crippen LogP contribution >= 0.6 is 12.2 Å². The molecule has 1 heterocycles. The Morgan fingerprint density at radius 1 is 1.70 bits per heavy atom. The molecule has 1 rings (SSSR count). The Labute approximate surface area is 64.8 Å². The topological polar surface area (TPSA) is 16.2 Å². The Kier molecular flexibility index (Phi) is 2.26. The number of nitrogens with zero attached hydrogens (tertiary/aromatic N) is 2. The summed E-state index contributed by atoms with van der Waals surface area (Å²) in [6, 6.07) is 3.78. The molecule has 10 heavy (non-hydrogen) atoms. The number of aliphatic imine (C=N–C) groups is 1. The maximum absolute atomic E-state index is 4.45. The molecule has 50 valence electrons. The Morgan fingerprint density at radius 3 is 3.10 bits per heavy atom. The minimum Gasteiger partial charge on any atom is -0.206 e. The first-order valence-corrected chi connectivity index (χ1v) is 3.27. The zero-order valence-corrected chi connectivity index (χ0v) is 6.43. The van der Waals surface area contributed by atoms with Crippen LogP contribution in [0.25, 0.3) is 0 Å². The predicted octanol–water partition coefficient (Wildman–Crippen LogP) is 1.25. The quantitative estimate of drug-likeness (QED) is 0.335. The van der Waals surface area contributed by atoms with Crippen LogP contribution in [0.3, 0.4) is 0 Å². The Bertz CT molecular complexity index is 277. The Hall–Kier alpha value is -1.05. The molecule has 1 aromatic heterocycles. The van der Waals surface area contributed by atoms with Crippen molar-refractivity contribution >= 4 is 23.1 Å². The molecule has 0 spiro atoms. The second-order valence-corrected chi connectivity index (χ2v) is 2.11. The highest BCUT2D eigenvalue weighted by atomic mass is 32.1. The molecule has 3 heteroatoms. The van der Waals surface area contributed by atoms with Gasteiger partial charge in [-0.05, 0) is 18.3 Å². The molecule has 0 N–H and O–H groups in total. The van der Waals surface area contributed by atoms with Crippen LogP contribution in [0, 0.1) is 0 Å². The number of aromatic nitrogens is 1. The van der Waals surface area contributed by atoms with E-state index in [9.17, 15) is 0 Å². The van der Waals surface area contributed by atoms with Crippen molar-refractivity contribution in [3.63, 3.8) is 0 Å². The Balaban J connectivity index is 3.06. The second kappa shape index (κ2) is 3.20. The van der Waals surface area contributed by atoms with Gasteiger partial charge in [0.15, 0.2) is 12.4 Å². The lowest BCUT2D eigenvalue weighted by atomic mass is 10.4. The van der Waals surface area contributed by atoms with Gasteiger partial charge in [-0.3, -0.25) is 0 Å². The van der Waals surface area contributed by atoms with Gasteiger partial charge in [-0.25, -0.2) is 4.57 Å². The number of hydrogen-bond acceptors (Lipinski definition) is 2. The molecule has 0 aromatic carbocycles. The summed E-state index contributed by atoms with van der Waals surface area (Å²) in [7, 11) is 1.93. The molecule has 0 saturated carbocycles. The number of hydrogen-bond donors (Lipinski definition) is 0. The van der Waals surface area contributed by atoms with E-state index in [1.54, 1.807) is 0 Å². The van der Waals surface area contributed by atoms with Gasteiger partial charge in [0.2, 0.25) is 0 Å². The number of rotatable bonds is 1. The summed E-state index contributed by atoms with van der Waals surface area (Å²) in [5.41, 5.74) is 0.833. The lowest BCUT2D eigenvalue weighted by Crippen LogP contribution is -2.25. The minimum atomic E-state index is 0.833. The van der Waals surface area contributed by atoms with Crippen LogP contribution in [-0.2, 0) is 7.05 Å². The van der Waals surface area contributed by atoms with Crippen LogP contribution in [0.2, 0.25) is 0 Å². The molecular formula is C7H7N2S+. The third kappa shape index (κ3) is 1.72. The first-order valence-electron chi connectivity index (χ1n) is 2.86. The predicted molar refractivity (Wildman–Crippen MR) is 42.3 cm³/mol. The molecule has 0 unspecified atom stereocenters. The third-order valence-electron chi connectivity index (χ3n) is 1.10. The summed E-state index contributed by atoms with van der Waals surface area (Å²) in [4.78, 5) is 3.81. The van der Waals surface area contributed by atoms with Gasteiger partial charge in [0.25, 0.3) is 0 Å². The van der Waals surface area contributed by atoms with Gasteiger partial charge in [0.1, 0.15) is 12.7 Å². The van der Waals surface area contributed by atoms with Crippen molar-refractivity contribution in [2.24, 2.45) is 12.0 Å². The van der Waals surface area contributed by atoms with E-state index < -0.39 is 0 Å². The average Bonchev–Trinajstić information content (AvgIpc) is 1.88. The SMILES string of the molecule is C[n+]1cccc(N=C=S)c1. The second-order valence-electron chi connectivity index (χ2n) is 1.93. The maximum atomic E-state index is 4.45. The smallest absolute Gasteiger partial charge is 0.195 e. The molecular weight excluding hydrogens is 144 g/mol. The van der Waals surface area contributed by atoms with Crippen molar-refractivity contribution < 1.29 is 4.57 Å². The summed E-state index contributed by atoms with van der Waals surface area (Å²) in [5.74, 6) is 0. The van der Waals surface area contributed by atoms with Crippen molar-refractivity contribution in [2.45, 2.75) is 0 Å². The van der Waals surface area contributed by atoms with E-state index >= 15 is 0 Å².